The minimum atomic E-state index is -0.231. The molecule has 1 saturated heterocycles. The van der Waals surface area contributed by atoms with Crippen LogP contribution in [0.5, 0.6) is 0 Å². The quantitative estimate of drug-likeness (QED) is 0.222. The van der Waals surface area contributed by atoms with Gasteiger partial charge in [-0.25, -0.2) is 0 Å². The molecular weight excluding hydrogens is 637 g/mol. The number of rotatable bonds is 6. The smallest absolute Gasteiger partial charge is 0.264 e. The number of hydrogen-bond acceptors (Lipinski definition) is 4. The number of hydrogen-bond donors (Lipinski definition) is 0. The zero-order valence-corrected chi connectivity index (χ0v) is 34.1. The second-order valence-electron chi connectivity index (χ2n) is 17.9. The van der Waals surface area contributed by atoms with Gasteiger partial charge in [0.25, 0.3) is 5.91 Å². The lowest BCUT2D eigenvalue weighted by Gasteiger charge is -2.46. The van der Waals surface area contributed by atoms with Crippen LogP contribution in [0.4, 0.5) is 0 Å². The van der Waals surface area contributed by atoms with Gasteiger partial charge in [0, 0.05) is 43.1 Å². The van der Waals surface area contributed by atoms with Gasteiger partial charge in [0.15, 0.2) is 0 Å². The molecule has 0 bridgehead atoms. The number of benzene rings is 2. The zero-order valence-electron chi connectivity index (χ0n) is 34.1. The SMILES string of the molecule is C=C1C(C)=C(C)C(c2ccc(CC3CCN(Cc4cccc5c4CCN(C(=O)/C(C#N)=C/C(C)(C)C)C5C)C(C)(C)C3)c(C)c2)=CN1C.CC1CC1. The molecule has 3 heterocycles. The molecule has 4 aliphatic rings. The van der Waals surface area contributed by atoms with E-state index in [0.29, 0.717) is 12.5 Å². The van der Waals surface area contributed by atoms with Crippen molar-refractivity contribution in [3.05, 3.63) is 111 Å². The predicted octanol–water partition coefficient (Wildman–Crippen LogP) is 10.7. The maximum atomic E-state index is 13.5. The first-order chi connectivity index (χ1) is 24.4. The first kappa shape index (κ1) is 39.3. The van der Waals surface area contributed by atoms with Crippen LogP contribution >= 0.6 is 0 Å². The van der Waals surface area contributed by atoms with Gasteiger partial charge in [0.05, 0.1) is 6.04 Å². The summed E-state index contributed by atoms with van der Waals surface area (Å²) in [6.07, 6.45) is 11.3. The first-order valence-electron chi connectivity index (χ1n) is 19.6. The molecule has 2 aromatic rings. The summed E-state index contributed by atoms with van der Waals surface area (Å²) in [5.41, 5.74) is 13.1. The standard InChI is InChI=1S/C43H56N4O.C4H8/c1-28-21-35(40-27-45(11)31(4)29(2)30(40)3)16-15-34(28)22-33-17-19-46(43(9,10)23-33)26-36-13-12-14-38-32(5)47(20-18-39(36)38)41(48)37(25-44)24-42(6,7)8;1-4-2-3-4/h12-16,21,24,27,32-33H,4,17-20,22-23,26H2,1-3,5-11H3;4H,2-3H2,1H3/b37-24+;. The Morgan fingerprint density at radius 3 is 2.31 bits per heavy atom. The number of carbonyl (C=O) groups excluding carboxylic acids is 1. The van der Waals surface area contributed by atoms with Crippen LogP contribution < -0.4 is 0 Å². The van der Waals surface area contributed by atoms with Crippen molar-refractivity contribution in [3.8, 4) is 6.07 Å². The first-order valence-corrected chi connectivity index (χ1v) is 19.6. The van der Waals surface area contributed by atoms with Crippen LogP contribution in [0.3, 0.4) is 0 Å². The largest absolute Gasteiger partial charge is 0.351 e. The van der Waals surface area contributed by atoms with E-state index in [1.165, 1.54) is 69.4 Å². The van der Waals surface area contributed by atoms with Crippen molar-refractivity contribution in [2.75, 3.05) is 20.1 Å². The number of nitrogens with zero attached hydrogens (tertiary/aromatic N) is 4. The number of aryl methyl sites for hydroxylation is 1. The fourth-order valence-electron chi connectivity index (χ4n) is 8.26. The highest BCUT2D eigenvalue weighted by Crippen LogP contribution is 2.39. The van der Waals surface area contributed by atoms with Crippen molar-refractivity contribution in [2.45, 2.75) is 126 Å². The van der Waals surface area contributed by atoms with Crippen LogP contribution in [-0.2, 0) is 24.2 Å². The van der Waals surface area contributed by atoms with Gasteiger partial charge in [-0.15, -0.1) is 0 Å². The van der Waals surface area contributed by atoms with E-state index in [2.05, 4.69) is 121 Å². The molecular formula is C47H64N4O. The average molecular weight is 701 g/mol. The number of carbonyl (C=O) groups is 1. The van der Waals surface area contributed by atoms with Crippen molar-refractivity contribution >= 4 is 11.5 Å². The monoisotopic (exact) mass is 701 g/mol. The van der Waals surface area contributed by atoms with Crippen LogP contribution in [0.25, 0.3) is 5.57 Å². The van der Waals surface area contributed by atoms with E-state index in [1.54, 1.807) is 6.08 Å². The van der Waals surface area contributed by atoms with Crippen LogP contribution in [0.1, 0.15) is 127 Å². The Bertz CT molecular complexity index is 1820. The van der Waals surface area contributed by atoms with E-state index in [4.69, 9.17) is 0 Å². The van der Waals surface area contributed by atoms with Gasteiger partial charge in [-0.1, -0.05) is 89.6 Å². The molecule has 0 spiro atoms. The lowest BCUT2D eigenvalue weighted by molar-refractivity contribution is -0.129. The molecule has 3 aliphatic heterocycles. The number of allylic oxidation sites excluding steroid dienone is 4. The summed E-state index contributed by atoms with van der Waals surface area (Å²) in [5.74, 6) is 1.57. The number of fused-ring (bicyclic) bond motifs is 1. The second-order valence-corrected chi connectivity index (χ2v) is 17.9. The van der Waals surface area contributed by atoms with E-state index >= 15 is 0 Å². The van der Waals surface area contributed by atoms with Gasteiger partial charge in [-0.3, -0.25) is 9.69 Å². The molecule has 1 aliphatic carbocycles. The summed E-state index contributed by atoms with van der Waals surface area (Å²) in [4.78, 5) is 20.1. The average Bonchev–Trinajstić information content (AvgIpc) is 3.88. The Morgan fingerprint density at radius 1 is 1.02 bits per heavy atom. The molecule has 6 rings (SSSR count). The van der Waals surface area contributed by atoms with E-state index in [0.717, 1.165) is 44.0 Å². The molecule has 0 aromatic heterocycles. The van der Waals surface area contributed by atoms with Gasteiger partial charge in [0.1, 0.15) is 11.6 Å². The van der Waals surface area contributed by atoms with E-state index in [1.807, 2.05) is 25.7 Å². The van der Waals surface area contributed by atoms with Gasteiger partial charge in [-0.05, 0) is 136 Å². The molecule has 2 fully saturated rings. The summed E-state index contributed by atoms with van der Waals surface area (Å²) in [7, 11) is 2.08. The third-order valence-corrected chi connectivity index (χ3v) is 12.0. The fraction of sp³-hybridized carbons (Fsp3) is 0.532. The highest BCUT2D eigenvalue weighted by molar-refractivity contribution is 5.97. The Morgan fingerprint density at radius 2 is 1.71 bits per heavy atom. The van der Waals surface area contributed by atoms with E-state index in [9.17, 15) is 10.1 Å². The topological polar surface area (TPSA) is 50.6 Å². The summed E-state index contributed by atoms with van der Waals surface area (Å²) < 4.78 is 0. The maximum absolute atomic E-state index is 13.5. The van der Waals surface area contributed by atoms with Crippen molar-refractivity contribution in [2.24, 2.45) is 17.3 Å². The minimum absolute atomic E-state index is 0.0648. The molecule has 52 heavy (non-hydrogen) atoms. The summed E-state index contributed by atoms with van der Waals surface area (Å²) >= 11 is 0. The van der Waals surface area contributed by atoms with Gasteiger partial charge in [0.2, 0.25) is 0 Å². The number of nitriles is 1. The fourth-order valence-corrected chi connectivity index (χ4v) is 8.26. The Kier molecular flexibility index (Phi) is 11.8. The second kappa shape index (κ2) is 15.6. The highest BCUT2D eigenvalue weighted by Gasteiger charge is 2.36. The van der Waals surface area contributed by atoms with Gasteiger partial charge in [-0.2, -0.15) is 5.26 Å². The predicted molar refractivity (Wildman–Crippen MR) is 217 cm³/mol. The Hall–Kier alpha value is -3.88. The number of amides is 1. The molecule has 1 saturated carbocycles. The molecule has 0 N–H and O–H groups in total. The number of piperidine rings is 1. The van der Waals surface area contributed by atoms with Crippen LogP contribution in [0, 0.1) is 35.5 Å². The minimum Gasteiger partial charge on any atom is -0.351 e. The Balaban J connectivity index is 0.00000122. The molecule has 2 aromatic carbocycles. The molecule has 1 amide bonds. The number of likely N-dealkylation sites (tertiary alicyclic amines) is 1. The Labute approximate surface area is 315 Å². The number of likely N-dealkylation sites (N-methyl/N-ethyl adjacent to an activating group) is 1. The van der Waals surface area contributed by atoms with Crippen molar-refractivity contribution < 1.29 is 4.79 Å². The summed E-state index contributed by atoms with van der Waals surface area (Å²) in [6, 6.07) is 15.8. The van der Waals surface area contributed by atoms with Crippen molar-refractivity contribution in [3.63, 3.8) is 0 Å². The molecule has 2 unspecified atom stereocenters. The lowest BCUT2D eigenvalue weighted by atomic mass is 9.78. The van der Waals surface area contributed by atoms with Gasteiger partial charge < -0.3 is 9.80 Å². The molecule has 278 valence electrons. The zero-order chi connectivity index (χ0) is 38.1. The van der Waals surface area contributed by atoms with Crippen molar-refractivity contribution in [1.29, 1.82) is 5.26 Å². The van der Waals surface area contributed by atoms with Crippen LogP contribution in [0.15, 0.2) is 77.7 Å². The molecule has 0 radical (unpaired) electrons. The third kappa shape index (κ3) is 9.00. The van der Waals surface area contributed by atoms with Crippen LogP contribution in [0.2, 0.25) is 0 Å². The molecule has 5 nitrogen and oxygen atoms in total. The van der Waals surface area contributed by atoms with E-state index in [-0.39, 0.29) is 28.5 Å². The molecule has 5 heteroatoms. The van der Waals surface area contributed by atoms with E-state index < -0.39 is 0 Å². The molecule has 2 atom stereocenters. The summed E-state index contributed by atoms with van der Waals surface area (Å²) in [5, 5.41) is 9.78. The third-order valence-electron chi connectivity index (χ3n) is 12.0. The maximum Gasteiger partial charge on any atom is 0.264 e. The summed E-state index contributed by atoms with van der Waals surface area (Å²) in [6.45, 7) is 28.8. The van der Waals surface area contributed by atoms with Crippen molar-refractivity contribution in [1.82, 2.24) is 14.7 Å². The highest BCUT2D eigenvalue weighted by atomic mass is 16.2. The van der Waals surface area contributed by atoms with Gasteiger partial charge >= 0.3 is 0 Å². The lowest BCUT2D eigenvalue weighted by Crippen LogP contribution is -2.50. The van der Waals surface area contributed by atoms with Crippen LogP contribution in [-0.4, -0.2) is 46.3 Å². The normalized spacial score (nSPS) is 22.3.